The van der Waals surface area contributed by atoms with Crippen molar-refractivity contribution >= 4 is 14.5 Å². The molecule has 0 nitrogen and oxygen atoms in total. The molecule has 0 amide bonds. The molecule has 0 N–H and O–H groups in total. The fraction of sp³-hybridized carbons (Fsp3) is 0. The van der Waals surface area contributed by atoms with Crippen molar-refractivity contribution in [2.45, 2.75) is 0 Å². The van der Waals surface area contributed by atoms with Crippen LogP contribution in [0, 0.1) is 0 Å². The number of hydrogen-bond donors (Lipinski definition) is 0. The first-order chi connectivity index (χ1) is 14.4. The summed E-state index contributed by atoms with van der Waals surface area (Å²) in [5, 5.41) is 0. The molecule has 0 saturated carbocycles. The molecule has 0 aliphatic heterocycles. The van der Waals surface area contributed by atoms with Gasteiger partial charge in [0.25, 0.3) is 0 Å². The summed E-state index contributed by atoms with van der Waals surface area (Å²) in [6, 6.07) is 43.6. The molecule has 1 heterocycles. The molecule has 0 radical (unpaired) electrons. The second-order valence-electron chi connectivity index (χ2n) is 7.05. The summed E-state index contributed by atoms with van der Waals surface area (Å²) in [4.78, 5) is 0. The van der Waals surface area contributed by atoms with Gasteiger partial charge in [0.05, 0.1) is 0 Å². The zero-order valence-corrected chi connectivity index (χ0v) is 17.7. The van der Waals surface area contributed by atoms with Crippen molar-refractivity contribution in [2.24, 2.45) is 0 Å². The minimum absolute atomic E-state index is 0.336. The SMILES string of the molecule is c1ccc(-c2ccc(-c3ccc(-c4ccc(-c5ccccc5)cc4)[se]3)cc2)cc1. The van der Waals surface area contributed by atoms with Crippen molar-refractivity contribution in [3.63, 3.8) is 0 Å². The first-order valence-electron chi connectivity index (χ1n) is 9.78. The number of hydrogen-bond acceptors (Lipinski definition) is 0. The summed E-state index contributed by atoms with van der Waals surface area (Å²) in [5.74, 6) is 0. The topological polar surface area (TPSA) is 0 Å². The van der Waals surface area contributed by atoms with Gasteiger partial charge in [-0.3, -0.25) is 0 Å². The Morgan fingerprint density at radius 1 is 0.276 bits per heavy atom. The molecule has 138 valence electrons. The average Bonchev–Trinajstić information content (AvgIpc) is 3.31. The second kappa shape index (κ2) is 8.09. The molecule has 1 heteroatoms. The van der Waals surface area contributed by atoms with Crippen LogP contribution >= 0.6 is 0 Å². The zero-order valence-electron chi connectivity index (χ0n) is 16.0. The maximum absolute atomic E-state index is 2.29. The third kappa shape index (κ3) is 3.89. The van der Waals surface area contributed by atoms with E-state index in [2.05, 4.69) is 121 Å². The Hall–Kier alpha value is -3.12. The Kier molecular flexibility index (Phi) is 5.00. The van der Waals surface area contributed by atoms with Crippen LogP contribution in [0.15, 0.2) is 121 Å². The number of benzene rings is 4. The molecule has 0 saturated heterocycles. The minimum atomic E-state index is 0.336. The van der Waals surface area contributed by atoms with E-state index in [1.807, 2.05) is 0 Å². The third-order valence-corrected chi connectivity index (χ3v) is 7.64. The molecule has 0 bridgehead atoms. The van der Waals surface area contributed by atoms with Crippen LogP contribution in [-0.2, 0) is 0 Å². The Bertz CT molecular complexity index is 1100. The summed E-state index contributed by atoms with van der Waals surface area (Å²) in [6.45, 7) is 0. The zero-order chi connectivity index (χ0) is 19.5. The molecule has 29 heavy (non-hydrogen) atoms. The fourth-order valence-electron chi connectivity index (χ4n) is 3.56. The van der Waals surface area contributed by atoms with Crippen LogP contribution in [0.4, 0.5) is 0 Å². The van der Waals surface area contributed by atoms with Gasteiger partial charge in [0, 0.05) is 0 Å². The van der Waals surface area contributed by atoms with Crippen LogP contribution in [0.5, 0.6) is 0 Å². The Balaban J connectivity index is 1.38. The van der Waals surface area contributed by atoms with E-state index in [0.29, 0.717) is 14.5 Å². The van der Waals surface area contributed by atoms with Crippen molar-refractivity contribution in [3.05, 3.63) is 121 Å². The van der Waals surface area contributed by atoms with Crippen LogP contribution in [-0.4, -0.2) is 14.5 Å². The summed E-state index contributed by atoms with van der Waals surface area (Å²) < 4.78 is 2.89. The predicted octanol–water partition coefficient (Wildman–Crippen LogP) is 7.41. The van der Waals surface area contributed by atoms with Crippen LogP contribution in [0.2, 0.25) is 0 Å². The molecule has 5 rings (SSSR count). The van der Waals surface area contributed by atoms with E-state index in [0.717, 1.165) is 0 Å². The van der Waals surface area contributed by atoms with E-state index in [-0.39, 0.29) is 0 Å². The molecule has 0 aliphatic carbocycles. The molecule has 0 fully saturated rings. The van der Waals surface area contributed by atoms with E-state index < -0.39 is 0 Å². The van der Waals surface area contributed by atoms with Gasteiger partial charge >= 0.3 is 178 Å². The molecule has 0 unspecified atom stereocenters. The second-order valence-corrected chi connectivity index (χ2v) is 9.32. The van der Waals surface area contributed by atoms with Gasteiger partial charge in [-0.25, -0.2) is 0 Å². The number of rotatable bonds is 4. The molecule has 4 aromatic carbocycles. The van der Waals surface area contributed by atoms with E-state index in [1.54, 1.807) is 0 Å². The molecule has 1 aromatic heterocycles. The van der Waals surface area contributed by atoms with Gasteiger partial charge in [-0.2, -0.15) is 0 Å². The van der Waals surface area contributed by atoms with E-state index in [4.69, 9.17) is 0 Å². The van der Waals surface area contributed by atoms with Gasteiger partial charge < -0.3 is 0 Å². The molecular formula is C28H20Se. The predicted molar refractivity (Wildman–Crippen MR) is 125 cm³/mol. The fourth-order valence-corrected chi connectivity index (χ4v) is 5.70. The van der Waals surface area contributed by atoms with Gasteiger partial charge in [0.2, 0.25) is 0 Å². The Labute approximate surface area is 177 Å². The quantitative estimate of drug-likeness (QED) is 0.258. The van der Waals surface area contributed by atoms with Gasteiger partial charge in [-0.1, -0.05) is 0 Å². The van der Waals surface area contributed by atoms with Crippen molar-refractivity contribution in [2.75, 3.05) is 0 Å². The molecule has 0 atom stereocenters. The summed E-state index contributed by atoms with van der Waals surface area (Å²) in [6.07, 6.45) is 0. The maximum atomic E-state index is 2.29. The summed E-state index contributed by atoms with van der Waals surface area (Å²) in [7, 11) is 0. The standard InChI is InChI=1S/C28H20Se/c1-3-7-21(8-4-1)23-11-15-25(16-12-23)27-19-20-28(29-27)26-17-13-24(14-18-26)22-9-5-2-6-10-22/h1-20H. The molecular weight excluding hydrogens is 415 g/mol. The van der Waals surface area contributed by atoms with Crippen molar-refractivity contribution in [3.8, 4) is 42.3 Å². The summed E-state index contributed by atoms with van der Waals surface area (Å²) >= 11 is 0.336. The van der Waals surface area contributed by atoms with Gasteiger partial charge in [-0.15, -0.1) is 0 Å². The van der Waals surface area contributed by atoms with Gasteiger partial charge in [0.1, 0.15) is 0 Å². The normalized spacial score (nSPS) is 10.8. The average molecular weight is 435 g/mol. The first-order valence-corrected chi connectivity index (χ1v) is 11.5. The third-order valence-electron chi connectivity index (χ3n) is 5.16. The van der Waals surface area contributed by atoms with Crippen molar-refractivity contribution in [1.29, 1.82) is 0 Å². The van der Waals surface area contributed by atoms with Gasteiger partial charge in [0.15, 0.2) is 0 Å². The molecule has 5 aromatic rings. The summed E-state index contributed by atoms with van der Waals surface area (Å²) in [5.41, 5.74) is 7.73. The molecule has 0 spiro atoms. The van der Waals surface area contributed by atoms with Crippen molar-refractivity contribution < 1.29 is 0 Å². The van der Waals surface area contributed by atoms with E-state index in [9.17, 15) is 0 Å². The monoisotopic (exact) mass is 436 g/mol. The van der Waals surface area contributed by atoms with E-state index >= 15 is 0 Å². The van der Waals surface area contributed by atoms with E-state index in [1.165, 1.54) is 42.3 Å². The Morgan fingerprint density at radius 2 is 0.586 bits per heavy atom. The first kappa shape index (κ1) is 17.9. The molecule has 0 aliphatic rings. The van der Waals surface area contributed by atoms with Crippen LogP contribution in [0.25, 0.3) is 42.3 Å². The van der Waals surface area contributed by atoms with Crippen LogP contribution < -0.4 is 0 Å². The van der Waals surface area contributed by atoms with Gasteiger partial charge in [-0.05, 0) is 0 Å². The Morgan fingerprint density at radius 3 is 0.966 bits per heavy atom. The van der Waals surface area contributed by atoms with Crippen LogP contribution in [0.3, 0.4) is 0 Å². The van der Waals surface area contributed by atoms with Crippen LogP contribution in [0.1, 0.15) is 0 Å². The van der Waals surface area contributed by atoms with Crippen molar-refractivity contribution in [1.82, 2.24) is 0 Å².